The molecule has 0 bridgehead atoms. The average molecular weight is 355 g/mol. The number of halogens is 1. The van der Waals surface area contributed by atoms with E-state index >= 15 is 0 Å². The Hall–Kier alpha value is -2.79. The van der Waals surface area contributed by atoms with E-state index in [1.54, 1.807) is 27.4 Å². The van der Waals surface area contributed by atoms with E-state index in [2.05, 4.69) is 0 Å². The van der Waals surface area contributed by atoms with E-state index < -0.39 is 0 Å². The van der Waals surface area contributed by atoms with E-state index in [0.717, 1.165) is 33.4 Å². The Morgan fingerprint density at radius 2 is 1.62 bits per heavy atom. The zero-order chi connectivity index (χ0) is 18.8. The molecule has 0 aromatic heterocycles. The van der Waals surface area contributed by atoms with Crippen molar-refractivity contribution in [3.05, 3.63) is 58.4 Å². The SMILES string of the molecule is COc1cc(/C=C2/C(C)=C(CN)c3cc(F)ccc32)cc(OC)c1OC. The van der Waals surface area contributed by atoms with Gasteiger partial charge in [0.1, 0.15) is 5.82 Å². The number of benzene rings is 2. The van der Waals surface area contributed by atoms with Crippen LogP contribution in [0.15, 0.2) is 35.9 Å². The van der Waals surface area contributed by atoms with Crippen LogP contribution in [0.3, 0.4) is 0 Å². The number of ether oxygens (including phenoxy) is 3. The number of rotatable bonds is 5. The van der Waals surface area contributed by atoms with E-state index in [9.17, 15) is 4.39 Å². The highest BCUT2D eigenvalue weighted by Gasteiger charge is 2.23. The molecule has 2 N–H and O–H groups in total. The number of methoxy groups -OCH3 is 3. The lowest BCUT2D eigenvalue weighted by atomic mass is 10.00. The fourth-order valence-electron chi connectivity index (χ4n) is 3.37. The monoisotopic (exact) mass is 355 g/mol. The summed E-state index contributed by atoms with van der Waals surface area (Å²) in [5.74, 6) is 1.44. The molecule has 0 unspecified atom stereocenters. The standard InChI is InChI=1S/C21H22FNO3/c1-12-16(15-6-5-14(22)10-17(15)18(12)11-23)7-13-8-19(24-2)21(26-4)20(9-13)25-3/h5-10H,11,23H2,1-4H3/b16-7-. The lowest BCUT2D eigenvalue weighted by Crippen LogP contribution is -2.02. The quantitative estimate of drug-likeness (QED) is 0.876. The second-order valence-corrected chi connectivity index (χ2v) is 6.01. The maximum absolute atomic E-state index is 13.7. The molecule has 1 aliphatic rings. The van der Waals surface area contributed by atoms with Gasteiger partial charge in [-0.25, -0.2) is 4.39 Å². The van der Waals surface area contributed by atoms with Crippen LogP contribution in [0.5, 0.6) is 17.2 Å². The molecule has 0 spiro atoms. The fourth-order valence-corrected chi connectivity index (χ4v) is 3.37. The van der Waals surface area contributed by atoms with Gasteiger partial charge in [0, 0.05) is 6.54 Å². The van der Waals surface area contributed by atoms with Crippen molar-refractivity contribution in [1.29, 1.82) is 0 Å². The predicted molar refractivity (Wildman–Crippen MR) is 102 cm³/mol. The fraction of sp³-hybridized carbons (Fsp3) is 0.238. The van der Waals surface area contributed by atoms with Crippen LogP contribution in [0.4, 0.5) is 4.39 Å². The zero-order valence-electron chi connectivity index (χ0n) is 15.4. The third kappa shape index (κ3) is 2.95. The smallest absolute Gasteiger partial charge is 0.203 e. The third-order valence-electron chi connectivity index (χ3n) is 4.66. The van der Waals surface area contributed by atoms with E-state index in [1.807, 2.05) is 25.1 Å². The Balaban J connectivity index is 2.18. The highest BCUT2D eigenvalue weighted by molar-refractivity contribution is 6.05. The Morgan fingerprint density at radius 1 is 0.962 bits per heavy atom. The van der Waals surface area contributed by atoms with Gasteiger partial charge in [0.15, 0.2) is 11.5 Å². The van der Waals surface area contributed by atoms with Gasteiger partial charge in [-0.2, -0.15) is 0 Å². The van der Waals surface area contributed by atoms with Crippen molar-refractivity contribution in [1.82, 2.24) is 0 Å². The number of nitrogens with two attached hydrogens (primary N) is 1. The first-order chi connectivity index (χ1) is 12.5. The lowest BCUT2D eigenvalue weighted by molar-refractivity contribution is 0.324. The summed E-state index contributed by atoms with van der Waals surface area (Å²) >= 11 is 0. The molecule has 0 fully saturated rings. The Kier molecular flexibility index (Phi) is 5.00. The number of hydrogen-bond donors (Lipinski definition) is 1. The van der Waals surface area contributed by atoms with Gasteiger partial charge in [-0.05, 0) is 70.7 Å². The molecule has 0 saturated heterocycles. The van der Waals surface area contributed by atoms with Gasteiger partial charge in [-0.1, -0.05) is 6.07 Å². The van der Waals surface area contributed by atoms with E-state index in [-0.39, 0.29) is 5.82 Å². The van der Waals surface area contributed by atoms with E-state index in [0.29, 0.717) is 23.8 Å². The minimum atomic E-state index is -0.267. The van der Waals surface area contributed by atoms with Gasteiger partial charge in [0.2, 0.25) is 5.75 Å². The summed E-state index contributed by atoms with van der Waals surface area (Å²) in [5.41, 5.74) is 11.6. The van der Waals surface area contributed by atoms with Gasteiger partial charge in [-0.15, -0.1) is 0 Å². The first-order valence-corrected chi connectivity index (χ1v) is 8.26. The van der Waals surface area contributed by atoms with Crippen molar-refractivity contribution in [3.63, 3.8) is 0 Å². The molecule has 0 amide bonds. The molecular weight excluding hydrogens is 333 g/mol. The molecule has 1 aliphatic carbocycles. The molecule has 3 rings (SSSR count). The Labute approximate surface area is 152 Å². The molecule has 0 radical (unpaired) electrons. The average Bonchev–Trinajstić information content (AvgIpc) is 2.91. The number of hydrogen-bond acceptors (Lipinski definition) is 4. The summed E-state index contributed by atoms with van der Waals surface area (Å²) in [6.45, 7) is 2.36. The van der Waals surface area contributed by atoms with Crippen LogP contribution in [0.2, 0.25) is 0 Å². The second-order valence-electron chi connectivity index (χ2n) is 6.01. The molecule has 0 heterocycles. The lowest BCUT2D eigenvalue weighted by Gasteiger charge is -2.13. The highest BCUT2D eigenvalue weighted by Crippen LogP contribution is 2.44. The Bertz CT molecular complexity index is 890. The molecule has 136 valence electrons. The zero-order valence-corrected chi connectivity index (χ0v) is 15.4. The van der Waals surface area contributed by atoms with Gasteiger partial charge in [-0.3, -0.25) is 0 Å². The third-order valence-corrected chi connectivity index (χ3v) is 4.66. The Morgan fingerprint density at radius 3 is 2.15 bits per heavy atom. The predicted octanol–water partition coefficient (Wildman–Crippen LogP) is 4.14. The molecular formula is C21H22FNO3. The molecule has 26 heavy (non-hydrogen) atoms. The number of allylic oxidation sites excluding steroid dienone is 2. The van der Waals surface area contributed by atoms with Crippen LogP contribution >= 0.6 is 0 Å². The summed E-state index contributed by atoms with van der Waals surface area (Å²) in [6, 6.07) is 8.56. The van der Waals surface area contributed by atoms with Crippen LogP contribution in [-0.2, 0) is 0 Å². The van der Waals surface area contributed by atoms with Crippen molar-refractivity contribution in [2.45, 2.75) is 6.92 Å². The summed E-state index contributed by atoms with van der Waals surface area (Å²) in [6.07, 6.45) is 2.03. The van der Waals surface area contributed by atoms with Crippen molar-refractivity contribution in [3.8, 4) is 17.2 Å². The van der Waals surface area contributed by atoms with Gasteiger partial charge < -0.3 is 19.9 Å². The molecule has 4 nitrogen and oxygen atoms in total. The van der Waals surface area contributed by atoms with Crippen molar-refractivity contribution < 1.29 is 18.6 Å². The highest BCUT2D eigenvalue weighted by atomic mass is 19.1. The van der Waals surface area contributed by atoms with Crippen LogP contribution in [0.25, 0.3) is 17.2 Å². The van der Waals surface area contributed by atoms with Crippen molar-refractivity contribution in [2.75, 3.05) is 27.9 Å². The van der Waals surface area contributed by atoms with Crippen LogP contribution < -0.4 is 19.9 Å². The second kappa shape index (κ2) is 7.22. The minimum absolute atomic E-state index is 0.267. The molecule has 5 heteroatoms. The van der Waals surface area contributed by atoms with Gasteiger partial charge >= 0.3 is 0 Å². The van der Waals surface area contributed by atoms with Gasteiger partial charge in [0.25, 0.3) is 0 Å². The topological polar surface area (TPSA) is 53.7 Å². The molecule has 2 aromatic rings. The first-order valence-electron chi connectivity index (χ1n) is 8.26. The van der Waals surface area contributed by atoms with Crippen molar-refractivity contribution in [2.24, 2.45) is 5.73 Å². The summed E-state index contributed by atoms with van der Waals surface area (Å²) < 4.78 is 29.9. The molecule has 2 aromatic carbocycles. The molecule has 0 saturated carbocycles. The maximum Gasteiger partial charge on any atom is 0.203 e. The normalized spacial score (nSPS) is 14.6. The summed E-state index contributed by atoms with van der Waals surface area (Å²) in [5, 5.41) is 0. The summed E-state index contributed by atoms with van der Waals surface area (Å²) in [7, 11) is 4.74. The largest absolute Gasteiger partial charge is 0.493 e. The maximum atomic E-state index is 13.7. The van der Waals surface area contributed by atoms with Crippen LogP contribution in [0.1, 0.15) is 23.6 Å². The summed E-state index contributed by atoms with van der Waals surface area (Å²) in [4.78, 5) is 0. The van der Waals surface area contributed by atoms with Crippen LogP contribution in [-0.4, -0.2) is 27.9 Å². The first kappa shape index (κ1) is 18.0. The van der Waals surface area contributed by atoms with Crippen molar-refractivity contribution >= 4 is 17.2 Å². The van der Waals surface area contributed by atoms with Crippen LogP contribution in [0, 0.1) is 5.82 Å². The minimum Gasteiger partial charge on any atom is -0.493 e. The van der Waals surface area contributed by atoms with E-state index in [4.69, 9.17) is 19.9 Å². The molecule has 0 aliphatic heterocycles. The van der Waals surface area contributed by atoms with E-state index in [1.165, 1.54) is 12.1 Å². The molecule has 0 atom stereocenters. The van der Waals surface area contributed by atoms with Gasteiger partial charge in [0.05, 0.1) is 21.3 Å². The number of fused-ring (bicyclic) bond motifs is 1.